The Bertz CT molecular complexity index is 299. The summed E-state index contributed by atoms with van der Waals surface area (Å²) in [5, 5.41) is 3.32. The molecule has 1 aromatic heterocycles. The first kappa shape index (κ1) is 14.2. The monoisotopic (exact) mass is 240 g/mol. The summed E-state index contributed by atoms with van der Waals surface area (Å²) >= 11 is 0. The van der Waals surface area contributed by atoms with Crippen molar-refractivity contribution in [3.05, 3.63) is 23.7 Å². The molecule has 0 aliphatic carbocycles. The zero-order chi connectivity index (χ0) is 12.5. The molecule has 0 aliphatic heterocycles. The Balaban J connectivity index is 2.29. The fraction of sp³-hybridized carbons (Fsp3) is 0.692. The van der Waals surface area contributed by atoms with Crippen LogP contribution < -0.4 is 5.32 Å². The standard InChI is InChI=1S/C13H24N2O2/c1-4-7-14-10-12-5-6-13(17-12)11-15(2)8-9-16-3/h5-6,14H,4,7-11H2,1-3H3. The average molecular weight is 240 g/mol. The summed E-state index contributed by atoms with van der Waals surface area (Å²) in [4.78, 5) is 2.19. The van der Waals surface area contributed by atoms with Gasteiger partial charge in [-0.25, -0.2) is 0 Å². The van der Waals surface area contributed by atoms with E-state index < -0.39 is 0 Å². The van der Waals surface area contributed by atoms with Crippen molar-refractivity contribution >= 4 is 0 Å². The third-order valence-corrected chi connectivity index (χ3v) is 2.55. The van der Waals surface area contributed by atoms with Crippen molar-refractivity contribution in [3.63, 3.8) is 0 Å². The predicted molar refractivity (Wildman–Crippen MR) is 68.9 cm³/mol. The Morgan fingerprint density at radius 2 is 2.12 bits per heavy atom. The molecule has 17 heavy (non-hydrogen) atoms. The van der Waals surface area contributed by atoms with Crippen LogP contribution in [0.15, 0.2) is 16.5 Å². The van der Waals surface area contributed by atoms with E-state index in [1.54, 1.807) is 7.11 Å². The number of hydrogen-bond acceptors (Lipinski definition) is 4. The highest BCUT2D eigenvalue weighted by Gasteiger charge is 2.05. The molecule has 0 saturated carbocycles. The second kappa shape index (κ2) is 8.28. The molecular weight excluding hydrogens is 216 g/mol. The van der Waals surface area contributed by atoms with Crippen molar-refractivity contribution in [2.24, 2.45) is 0 Å². The van der Waals surface area contributed by atoms with Gasteiger partial charge in [0.15, 0.2) is 0 Å². The van der Waals surface area contributed by atoms with Crippen LogP contribution in [0.3, 0.4) is 0 Å². The van der Waals surface area contributed by atoms with Crippen molar-refractivity contribution in [2.75, 3.05) is 33.9 Å². The van der Waals surface area contributed by atoms with E-state index in [4.69, 9.17) is 9.15 Å². The SMILES string of the molecule is CCCNCc1ccc(CN(C)CCOC)o1. The molecule has 0 fully saturated rings. The normalized spacial score (nSPS) is 11.3. The molecule has 0 atom stereocenters. The highest BCUT2D eigenvalue weighted by atomic mass is 16.5. The fourth-order valence-electron chi connectivity index (χ4n) is 1.58. The Labute approximate surface area is 104 Å². The van der Waals surface area contributed by atoms with Crippen LogP contribution in [0.5, 0.6) is 0 Å². The van der Waals surface area contributed by atoms with E-state index >= 15 is 0 Å². The minimum absolute atomic E-state index is 0.752. The maximum absolute atomic E-state index is 5.74. The highest BCUT2D eigenvalue weighted by molar-refractivity contribution is 5.06. The Kier molecular flexibility index (Phi) is 6.93. The van der Waals surface area contributed by atoms with Gasteiger partial charge in [0.1, 0.15) is 11.5 Å². The van der Waals surface area contributed by atoms with Crippen LogP contribution in [0.2, 0.25) is 0 Å². The van der Waals surface area contributed by atoms with E-state index in [9.17, 15) is 0 Å². The maximum atomic E-state index is 5.74. The molecule has 0 spiro atoms. The van der Waals surface area contributed by atoms with Gasteiger partial charge in [0.05, 0.1) is 19.7 Å². The van der Waals surface area contributed by atoms with E-state index in [1.165, 1.54) is 0 Å². The topological polar surface area (TPSA) is 37.6 Å². The molecule has 1 heterocycles. The molecule has 1 N–H and O–H groups in total. The summed E-state index contributed by atoms with van der Waals surface area (Å²) in [7, 11) is 3.79. The number of likely N-dealkylation sites (N-methyl/N-ethyl adjacent to an activating group) is 1. The summed E-state index contributed by atoms with van der Waals surface area (Å²) in [6, 6.07) is 4.09. The minimum Gasteiger partial charge on any atom is -0.463 e. The lowest BCUT2D eigenvalue weighted by Gasteiger charge is -2.13. The van der Waals surface area contributed by atoms with Gasteiger partial charge in [-0.3, -0.25) is 4.90 Å². The summed E-state index contributed by atoms with van der Waals surface area (Å²) < 4.78 is 10.8. The molecule has 0 aliphatic rings. The zero-order valence-corrected chi connectivity index (χ0v) is 11.2. The van der Waals surface area contributed by atoms with Crippen molar-refractivity contribution in [1.29, 1.82) is 0 Å². The largest absolute Gasteiger partial charge is 0.463 e. The number of furan rings is 1. The van der Waals surface area contributed by atoms with E-state index in [0.717, 1.165) is 50.7 Å². The van der Waals surface area contributed by atoms with E-state index in [2.05, 4.69) is 24.2 Å². The molecule has 4 heteroatoms. The minimum atomic E-state index is 0.752. The Morgan fingerprint density at radius 1 is 1.35 bits per heavy atom. The number of ether oxygens (including phenoxy) is 1. The van der Waals surface area contributed by atoms with Gasteiger partial charge < -0.3 is 14.5 Å². The van der Waals surface area contributed by atoms with Gasteiger partial charge in [-0.2, -0.15) is 0 Å². The number of nitrogens with zero attached hydrogens (tertiary/aromatic N) is 1. The Hall–Kier alpha value is -0.840. The smallest absolute Gasteiger partial charge is 0.118 e. The molecule has 1 aromatic rings. The van der Waals surface area contributed by atoms with Gasteiger partial charge in [-0.1, -0.05) is 6.92 Å². The van der Waals surface area contributed by atoms with Gasteiger partial charge in [-0.05, 0) is 32.1 Å². The highest BCUT2D eigenvalue weighted by Crippen LogP contribution is 2.09. The van der Waals surface area contributed by atoms with Crippen LogP contribution in [0.4, 0.5) is 0 Å². The molecule has 0 radical (unpaired) electrons. The van der Waals surface area contributed by atoms with Gasteiger partial charge >= 0.3 is 0 Å². The third kappa shape index (κ3) is 5.86. The molecule has 4 nitrogen and oxygen atoms in total. The summed E-state index contributed by atoms with van der Waals surface area (Å²) in [5.41, 5.74) is 0. The van der Waals surface area contributed by atoms with Gasteiger partial charge in [0.25, 0.3) is 0 Å². The summed E-state index contributed by atoms with van der Waals surface area (Å²) in [6.45, 7) is 6.50. The zero-order valence-electron chi connectivity index (χ0n) is 11.2. The van der Waals surface area contributed by atoms with Crippen molar-refractivity contribution in [1.82, 2.24) is 10.2 Å². The van der Waals surface area contributed by atoms with Gasteiger partial charge in [0, 0.05) is 13.7 Å². The first-order chi connectivity index (χ1) is 8.26. The lowest BCUT2D eigenvalue weighted by atomic mass is 10.4. The third-order valence-electron chi connectivity index (χ3n) is 2.55. The quantitative estimate of drug-likeness (QED) is 0.669. The lowest BCUT2D eigenvalue weighted by Crippen LogP contribution is -2.22. The lowest BCUT2D eigenvalue weighted by molar-refractivity contribution is 0.154. The van der Waals surface area contributed by atoms with Crippen LogP contribution in [0, 0.1) is 0 Å². The van der Waals surface area contributed by atoms with Crippen molar-refractivity contribution in [2.45, 2.75) is 26.4 Å². The van der Waals surface area contributed by atoms with Crippen LogP contribution >= 0.6 is 0 Å². The van der Waals surface area contributed by atoms with Crippen LogP contribution in [-0.2, 0) is 17.8 Å². The molecule has 0 aromatic carbocycles. The summed E-state index contributed by atoms with van der Waals surface area (Å²) in [6.07, 6.45) is 1.15. The second-order valence-corrected chi connectivity index (χ2v) is 4.28. The molecule has 0 unspecified atom stereocenters. The molecule has 1 rings (SSSR count). The van der Waals surface area contributed by atoms with E-state index in [0.29, 0.717) is 0 Å². The molecule has 0 amide bonds. The first-order valence-electron chi connectivity index (χ1n) is 6.22. The number of hydrogen-bond donors (Lipinski definition) is 1. The Morgan fingerprint density at radius 3 is 2.82 bits per heavy atom. The van der Waals surface area contributed by atoms with Crippen molar-refractivity contribution < 1.29 is 9.15 Å². The number of methoxy groups -OCH3 is 1. The van der Waals surface area contributed by atoms with Crippen LogP contribution in [0.1, 0.15) is 24.9 Å². The van der Waals surface area contributed by atoms with Gasteiger partial charge in [0.2, 0.25) is 0 Å². The predicted octanol–water partition coefficient (Wildman–Crippen LogP) is 1.86. The van der Waals surface area contributed by atoms with Crippen LogP contribution in [-0.4, -0.2) is 38.8 Å². The molecular formula is C13H24N2O2. The molecule has 0 bridgehead atoms. The first-order valence-corrected chi connectivity index (χ1v) is 6.22. The average Bonchev–Trinajstić information content (AvgIpc) is 2.74. The molecule has 0 saturated heterocycles. The van der Waals surface area contributed by atoms with E-state index in [1.807, 2.05) is 12.1 Å². The van der Waals surface area contributed by atoms with Gasteiger partial charge in [-0.15, -0.1) is 0 Å². The fourth-order valence-corrected chi connectivity index (χ4v) is 1.58. The number of nitrogens with one attached hydrogen (secondary N) is 1. The molecule has 98 valence electrons. The van der Waals surface area contributed by atoms with Crippen molar-refractivity contribution in [3.8, 4) is 0 Å². The second-order valence-electron chi connectivity index (χ2n) is 4.28. The van der Waals surface area contributed by atoms with Crippen LogP contribution in [0.25, 0.3) is 0 Å². The number of rotatable bonds is 9. The summed E-state index contributed by atoms with van der Waals surface area (Å²) in [5.74, 6) is 2.02. The maximum Gasteiger partial charge on any atom is 0.118 e. The van der Waals surface area contributed by atoms with E-state index in [-0.39, 0.29) is 0 Å².